The Labute approximate surface area is 113 Å². The van der Waals surface area contributed by atoms with Crippen LogP contribution in [0.5, 0.6) is 0 Å². The van der Waals surface area contributed by atoms with Crippen LogP contribution in [0.15, 0.2) is 22.8 Å². The summed E-state index contributed by atoms with van der Waals surface area (Å²) in [6.07, 6.45) is 1.65. The van der Waals surface area contributed by atoms with Crippen LogP contribution in [0.4, 0.5) is 10.2 Å². The van der Waals surface area contributed by atoms with Crippen molar-refractivity contribution in [3.05, 3.63) is 34.3 Å². The number of halogens is 2. The van der Waals surface area contributed by atoms with Gasteiger partial charge in [0.25, 0.3) is 0 Å². The second kappa shape index (κ2) is 5.39. The lowest BCUT2D eigenvalue weighted by atomic mass is 10.3. The molecule has 0 atom stereocenters. The molecular formula is C12H12BrFN4. The molecule has 2 rings (SSSR count). The Bertz CT molecular complexity index is 574. The second-order valence-corrected chi connectivity index (χ2v) is 4.51. The van der Waals surface area contributed by atoms with Gasteiger partial charge in [0, 0.05) is 17.2 Å². The van der Waals surface area contributed by atoms with E-state index in [1.54, 1.807) is 19.2 Å². The van der Waals surface area contributed by atoms with Crippen LogP contribution in [0.3, 0.4) is 0 Å². The van der Waals surface area contributed by atoms with Crippen LogP contribution in [0.25, 0.3) is 11.5 Å². The molecule has 0 aliphatic carbocycles. The molecule has 2 aromatic rings. The minimum atomic E-state index is -0.423. The summed E-state index contributed by atoms with van der Waals surface area (Å²) in [5, 5.41) is 2.88. The molecule has 0 unspecified atom stereocenters. The lowest BCUT2D eigenvalue weighted by molar-refractivity contribution is 0.606. The summed E-state index contributed by atoms with van der Waals surface area (Å²) < 4.78 is 14.5. The Hall–Kier alpha value is -1.56. The fraction of sp³-hybridized carbons (Fsp3) is 0.250. The molecule has 18 heavy (non-hydrogen) atoms. The van der Waals surface area contributed by atoms with Gasteiger partial charge in [-0.2, -0.15) is 0 Å². The summed E-state index contributed by atoms with van der Waals surface area (Å²) in [6.45, 7) is 4.08. The zero-order valence-corrected chi connectivity index (χ0v) is 11.6. The summed E-state index contributed by atoms with van der Waals surface area (Å²) in [4.78, 5) is 12.5. The average Bonchev–Trinajstić information content (AvgIpc) is 2.35. The van der Waals surface area contributed by atoms with E-state index in [1.165, 1.54) is 0 Å². The van der Waals surface area contributed by atoms with Gasteiger partial charge in [-0.25, -0.2) is 14.4 Å². The minimum Gasteiger partial charge on any atom is -0.368 e. The molecule has 2 aromatic heterocycles. The zero-order chi connectivity index (χ0) is 13.1. The first-order chi connectivity index (χ1) is 8.63. The Morgan fingerprint density at radius 2 is 2.17 bits per heavy atom. The number of nitrogens with one attached hydrogen (secondary N) is 1. The number of hydrogen-bond donors (Lipinski definition) is 1. The van der Waals surface area contributed by atoms with Crippen molar-refractivity contribution in [3.8, 4) is 11.5 Å². The highest BCUT2D eigenvalue weighted by Gasteiger charge is 2.14. The van der Waals surface area contributed by atoms with Gasteiger partial charge in [-0.1, -0.05) is 0 Å². The van der Waals surface area contributed by atoms with Gasteiger partial charge >= 0.3 is 0 Å². The maximum absolute atomic E-state index is 13.8. The quantitative estimate of drug-likeness (QED) is 0.946. The molecule has 0 saturated carbocycles. The van der Waals surface area contributed by atoms with E-state index < -0.39 is 5.82 Å². The van der Waals surface area contributed by atoms with Crippen molar-refractivity contribution in [1.82, 2.24) is 15.0 Å². The van der Waals surface area contributed by atoms with Crippen LogP contribution in [-0.4, -0.2) is 21.5 Å². The molecule has 94 valence electrons. The van der Waals surface area contributed by atoms with Gasteiger partial charge in [0.2, 0.25) is 0 Å². The predicted molar refractivity (Wildman–Crippen MR) is 71.8 cm³/mol. The Kier molecular flexibility index (Phi) is 3.86. The van der Waals surface area contributed by atoms with Gasteiger partial charge in [-0.05, 0) is 41.9 Å². The normalized spacial score (nSPS) is 10.4. The van der Waals surface area contributed by atoms with Gasteiger partial charge in [0.15, 0.2) is 17.5 Å². The van der Waals surface area contributed by atoms with Crippen LogP contribution in [0.1, 0.15) is 12.6 Å². The number of aryl methyl sites for hydroxylation is 1. The average molecular weight is 311 g/mol. The third kappa shape index (κ3) is 2.48. The van der Waals surface area contributed by atoms with Crippen LogP contribution >= 0.6 is 15.9 Å². The number of aromatic nitrogens is 3. The molecular weight excluding hydrogens is 299 g/mol. The van der Waals surface area contributed by atoms with Gasteiger partial charge in [0.05, 0.1) is 5.69 Å². The molecule has 0 bridgehead atoms. The smallest absolute Gasteiger partial charge is 0.186 e. The first-order valence-corrected chi connectivity index (χ1v) is 6.31. The molecule has 1 N–H and O–H groups in total. The Balaban J connectivity index is 2.56. The molecule has 0 radical (unpaired) electrons. The molecule has 2 heterocycles. The van der Waals surface area contributed by atoms with Crippen LogP contribution in [-0.2, 0) is 0 Å². The first-order valence-electron chi connectivity index (χ1n) is 5.52. The summed E-state index contributed by atoms with van der Waals surface area (Å²) >= 11 is 3.38. The third-order valence-electron chi connectivity index (χ3n) is 2.33. The molecule has 0 saturated heterocycles. The highest BCUT2D eigenvalue weighted by atomic mass is 79.9. The fourth-order valence-corrected chi connectivity index (χ4v) is 1.93. The van der Waals surface area contributed by atoms with Gasteiger partial charge < -0.3 is 5.32 Å². The lowest BCUT2D eigenvalue weighted by Gasteiger charge is -2.09. The fourth-order valence-electron chi connectivity index (χ4n) is 1.50. The van der Waals surface area contributed by atoms with Crippen molar-refractivity contribution >= 4 is 21.7 Å². The highest BCUT2D eigenvalue weighted by Crippen LogP contribution is 2.25. The van der Waals surface area contributed by atoms with Crippen molar-refractivity contribution in [2.45, 2.75) is 13.8 Å². The van der Waals surface area contributed by atoms with Crippen molar-refractivity contribution in [1.29, 1.82) is 0 Å². The molecule has 0 aromatic carbocycles. The molecule has 0 fully saturated rings. The number of pyridine rings is 1. The Morgan fingerprint density at radius 3 is 2.83 bits per heavy atom. The van der Waals surface area contributed by atoms with E-state index in [4.69, 9.17) is 0 Å². The summed E-state index contributed by atoms with van der Waals surface area (Å²) in [6, 6.07) is 3.65. The van der Waals surface area contributed by atoms with Crippen molar-refractivity contribution in [2.24, 2.45) is 0 Å². The van der Waals surface area contributed by atoms with E-state index in [2.05, 4.69) is 36.2 Å². The lowest BCUT2D eigenvalue weighted by Crippen LogP contribution is -2.07. The van der Waals surface area contributed by atoms with Crippen LogP contribution < -0.4 is 5.32 Å². The topological polar surface area (TPSA) is 50.7 Å². The number of nitrogens with zero attached hydrogens (tertiary/aromatic N) is 3. The van der Waals surface area contributed by atoms with Gasteiger partial charge in [0.1, 0.15) is 5.69 Å². The van der Waals surface area contributed by atoms with E-state index in [1.807, 2.05) is 13.0 Å². The predicted octanol–water partition coefficient (Wildman–Crippen LogP) is 3.18. The molecule has 0 spiro atoms. The van der Waals surface area contributed by atoms with E-state index in [9.17, 15) is 4.39 Å². The summed E-state index contributed by atoms with van der Waals surface area (Å²) in [7, 11) is 0. The zero-order valence-electron chi connectivity index (χ0n) is 10.0. The Morgan fingerprint density at radius 1 is 1.39 bits per heavy atom. The van der Waals surface area contributed by atoms with Gasteiger partial charge in [-0.15, -0.1) is 0 Å². The second-order valence-electron chi connectivity index (χ2n) is 3.66. The number of anilines is 1. The minimum absolute atomic E-state index is 0.206. The molecule has 0 aliphatic heterocycles. The monoisotopic (exact) mass is 310 g/mol. The first kappa shape index (κ1) is 12.9. The van der Waals surface area contributed by atoms with Crippen molar-refractivity contribution < 1.29 is 4.39 Å². The highest BCUT2D eigenvalue weighted by molar-refractivity contribution is 9.10. The van der Waals surface area contributed by atoms with Crippen molar-refractivity contribution in [3.63, 3.8) is 0 Å². The third-order valence-corrected chi connectivity index (χ3v) is 2.97. The van der Waals surface area contributed by atoms with Crippen LogP contribution in [0, 0.1) is 12.7 Å². The van der Waals surface area contributed by atoms with Crippen LogP contribution in [0.2, 0.25) is 0 Å². The van der Waals surface area contributed by atoms with E-state index in [-0.39, 0.29) is 5.82 Å². The summed E-state index contributed by atoms with van der Waals surface area (Å²) in [5.41, 5.74) is 0.897. The number of rotatable bonds is 3. The maximum Gasteiger partial charge on any atom is 0.186 e. The molecule has 6 heteroatoms. The largest absolute Gasteiger partial charge is 0.368 e. The standard InChI is InChI=1S/C12H12BrFN4/c1-3-15-11-9(14)7(2)17-12(18-11)10-8(13)5-4-6-16-10/h4-6H,3H2,1-2H3,(H,15,17,18). The molecule has 0 amide bonds. The van der Waals surface area contributed by atoms with E-state index in [0.29, 0.717) is 23.8 Å². The van der Waals surface area contributed by atoms with E-state index >= 15 is 0 Å². The SMILES string of the molecule is CCNc1nc(-c2ncccc2Br)nc(C)c1F. The maximum atomic E-state index is 13.8. The molecule has 4 nitrogen and oxygen atoms in total. The van der Waals surface area contributed by atoms with E-state index in [0.717, 1.165) is 4.47 Å². The van der Waals surface area contributed by atoms with Crippen molar-refractivity contribution in [2.75, 3.05) is 11.9 Å². The number of hydrogen-bond acceptors (Lipinski definition) is 4. The molecule has 0 aliphatic rings. The summed E-state index contributed by atoms with van der Waals surface area (Å²) in [5.74, 6) is 0.183. The van der Waals surface area contributed by atoms with Gasteiger partial charge in [-0.3, -0.25) is 4.98 Å².